The van der Waals surface area contributed by atoms with E-state index >= 15 is 0 Å². The molecule has 0 heterocycles. The van der Waals surface area contributed by atoms with E-state index in [2.05, 4.69) is 0 Å². The predicted octanol–water partition coefficient (Wildman–Crippen LogP) is 2.69. The molecule has 0 unspecified atom stereocenters. The summed E-state index contributed by atoms with van der Waals surface area (Å²) in [5, 5.41) is 20.5. The third-order valence-corrected chi connectivity index (χ3v) is 2.45. The van der Waals surface area contributed by atoms with Gasteiger partial charge in [0.2, 0.25) is 0 Å². The summed E-state index contributed by atoms with van der Waals surface area (Å²) in [7, 11) is 0. The van der Waals surface area contributed by atoms with Gasteiger partial charge in [-0.05, 0) is 29.1 Å². The van der Waals surface area contributed by atoms with Crippen LogP contribution in [0.5, 0.6) is 5.75 Å². The van der Waals surface area contributed by atoms with Gasteiger partial charge in [-0.2, -0.15) is 0 Å². The standard InChI is InChI=1S/C11H9ClO2/c12-11-5-9(14)4-8-2-1-7(6-13)3-10(8)11/h1-5,13-14H,6H2. The van der Waals surface area contributed by atoms with Crippen LogP contribution in [0.25, 0.3) is 10.8 Å². The molecule has 14 heavy (non-hydrogen) atoms. The molecule has 0 amide bonds. The molecule has 0 saturated heterocycles. The van der Waals surface area contributed by atoms with Gasteiger partial charge in [0.05, 0.1) is 11.6 Å². The number of aliphatic hydroxyl groups is 1. The molecule has 0 aromatic heterocycles. The molecule has 0 saturated carbocycles. The Kier molecular flexibility index (Phi) is 2.32. The smallest absolute Gasteiger partial charge is 0.117 e. The number of rotatable bonds is 1. The molecule has 2 N–H and O–H groups in total. The lowest BCUT2D eigenvalue weighted by molar-refractivity contribution is 0.282. The number of halogens is 1. The normalized spacial score (nSPS) is 10.7. The minimum atomic E-state index is -0.00680. The molecule has 0 aliphatic heterocycles. The Labute approximate surface area is 86.4 Å². The molecule has 3 heteroatoms. The summed E-state index contributed by atoms with van der Waals surface area (Å²) >= 11 is 5.95. The molecule has 2 nitrogen and oxygen atoms in total. The fourth-order valence-electron chi connectivity index (χ4n) is 1.44. The Morgan fingerprint density at radius 2 is 1.93 bits per heavy atom. The Morgan fingerprint density at radius 3 is 2.64 bits per heavy atom. The average molecular weight is 209 g/mol. The van der Waals surface area contributed by atoms with Gasteiger partial charge in [0.1, 0.15) is 5.75 Å². The van der Waals surface area contributed by atoms with Gasteiger partial charge in [0, 0.05) is 5.39 Å². The van der Waals surface area contributed by atoms with Crippen LogP contribution < -0.4 is 0 Å². The summed E-state index contributed by atoms with van der Waals surface area (Å²) in [6.45, 7) is -0.00680. The number of hydrogen-bond donors (Lipinski definition) is 2. The Morgan fingerprint density at radius 1 is 1.14 bits per heavy atom. The molecule has 72 valence electrons. The zero-order valence-corrected chi connectivity index (χ0v) is 8.12. The highest BCUT2D eigenvalue weighted by Crippen LogP contribution is 2.29. The minimum absolute atomic E-state index is 0.00680. The lowest BCUT2D eigenvalue weighted by Gasteiger charge is -2.03. The van der Waals surface area contributed by atoms with Crippen molar-refractivity contribution in [1.29, 1.82) is 0 Å². The van der Waals surface area contributed by atoms with Crippen molar-refractivity contribution in [3.63, 3.8) is 0 Å². The van der Waals surface area contributed by atoms with Gasteiger partial charge in [-0.1, -0.05) is 23.7 Å². The minimum Gasteiger partial charge on any atom is -0.508 e. The maximum Gasteiger partial charge on any atom is 0.117 e. The van der Waals surface area contributed by atoms with Crippen molar-refractivity contribution in [3.8, 4) is 5.75 Å². The second-order valence-electron chi connectivity index (χ2n) is 3.14. The number of phenols is 1. The molecule has 0 aliphatic rings. The first-order chi connectivity index (χ1) is 6.70. The van der Waals surface area contributed by atoms with Crippen LogP contribution in [0.4, 0.5) is 0 Å². The molecular formula is C11H9ClO2. The summed E-state index contributed by atoms with van der Waals surface area (Å²) in [6, 6.07) is 8.58. The number of benzene rings is 2. The van der Waals surface area contributed by atoms with E-state index in [1.165, 1.54) is 6.07 Å². The van der Waals surface area contributed by atoms with Crippen LogP contribution in [0.2, 0.25) is 5.02 Å². The zero-order chi connectivity index (χ0) is 10.1. The van der Waals surface area contributed by atoms with E-state index < -0.39 is 0 Å². The Bertz CT molecular complexity index is 480. The number of aliphatic hydroxyl groups excluding tert-OH is 1. The Balaban J connectivity index is 2.75. The van der Waals surface area contributed by atoms with Crippen LogP contribution in [-0.4, -0.2) is 10.2 Å². The SMILES string of the molecule is OCc1ccc2cc(O)cc(Cl)c2c1. The number of aromatic hydroxyl groups is 1. The van der Waals surface area contributed by atoms with Gasteiger partial charge in [0.25, 0.3) is 0 Å². The zero-order valence-electron chi connectivity index (χ0n) is 7.37. The van der Waals surface area contributed by atoms with E-state index in [0.29, 0.717) is 5.02 Å². The highest BCUT2D eigenvalue weighted by Gasteiger charge is 2.02. The Hall–Kier alpha value is -1.25. The van der Waals surface area contributed by atoms with Crippen LogP contribution in [-0.2, 0) is 6.61 Å². The summed E-state index contributed by atoms with van der Waals surface area (Å²) < 4.78 is 0. The lowest BCUT2D eigenvalue weighted by Crippen LogP contribution is -1.83. The summed E-state index contributed by atoms with van der Waals surface area (Å²) in [5.74, 6) is 0.152. The molecule has 0 radical (unpaired) electrons. The van der Waals surface area contributed by atoms with Crippen molar-refractivity contribution in [2.75, 3.05) is 0 Å². The maximum absolute atomic E-state index is 9.30. The topological polar surface area (TPSA) is 40.5 Å². The van der Waals surface area contributed by atoms with Gasteiger partial charge >= 0.3 is 0 Å². The number of hydrogen-bond acceptors (Lipinski definition) is 2. The van der Waals surface area contributed by atoms with Crippen molar-refractivity contribution in [1.82, 2.24) is 0 Å². The second kappa shape index (κ2) is 3.48. The average Bonchev–Trinajstić information content (AvgIpc) is 2.17. The van der Waals surface area contributed by atoms with E-state index in [1.54, 1.807) is 12.1 Å². The van der Waals surface area contributed by atoms with E-state index in [1.807, 2.05) is 12.1 Å². The van der Waals surface area contributed by atoms with Crippen LogP contribution in [0.15, 0.2) is 30.3 Å². The van der Waals surface area contributed by atoms with Gasteiger partial charge in [-0.15, -0.1) is 0 Å². The lowest BCUT2D eigenvalue weighted by atomic mass is 10.1. The summed E-state index contributed by atoms with van der Waals surface area (Å²) in [4.78, 5) is 0. The van der Waals surface area contributed by atoms with Crippen LogP contribution in [0.1, 0.15) is 5.56 Å². The maximum atomic E-state index is 9.30. The first-order valence-corrected chi connectivity index (χ1v) is 4.60. The van der Waals surface area contributed by atoms with Gasteiger partial charge in [0.15, 0.2) is 0 Å². The van der Waals surface area contributed by atoms with Crippen molar-refractivity contribution in [3.05, 3.63) is 40.9 Å². The molecule has 0 fully saturated rings. The van der Waals surface area contributed by atoms with Gasteiger partial charge in [-0.3, -0.25) is 0 Å². The second-order valence-corrected chi connectivity index (χ2v) is 3.55. The molecule has 0 spiro atoms. The highest BCUT2D eigenvalue weighted by atomic mass is 35.5. The quantitative estimate of drug-likeness (QED) is 0.757. The van der Waals surface area contributed by atoms with Crippen molar-refractivity contribution in [2.24, 2.45) is 0 Å². The number of fused-ring (bicyclic) bond motifs is 1. The molecule has 2 aromatic carbocycles. The van der Waals surface area contributed by atoms with Crippen molar-refractivity contribution < 1.29 is 10.2 Å². The van der Waals surface area contributed by atoms with Crippen LogP contribution in [0.3, 0.4) is 0 Å². The molecule has 2 rings (SSSR count). The van der Waals surface area contributed by atoms with Crippen LogP contribution >= 0.6 is 11.6 Å². The monoisotopic (exact) mass is 208 g/mol. The molecule has 0 atom stereocenters. The number of phenolic OH excluding ortho intramolecular Hbond substituents is 1. The molecule has 0 bridgehead atoms. The molecule has 0 aliphatic carbocycles. The van der Waals surface area contributed by atoms with Gasteiger partial charge in [-0.25, -0.2) is 0 Å². The van der Waals surface area contributed by atoms with Crippen molar-refractivity contribution in [2.45, 2.75) is 6.61 Å². The van der Waals surface area contributed by atoms with E-state index in [0.717, 1.165) is 16.3 Å². The largest absolute Gasteiger partial charge is 0.508 e. The van der Waals surface area contributed by atoms with E-state index in [9.17, 15) is 5.11 Å². The van der Waals surface area contributed by atoms with Crippen LogP contribution in [0, 0.1) is 0 Å². The summed E-state index contributed by atoms with van der Waals surface area (Å²) in [5.41, 5.74) is 0.810. The van der Waals surface area contributed by atoms with Gasteiger partial charge < -0.3 is 10.2 Å². The highest BCUT2D eigenvalue weighted by molar-refractivity contribution is 6.35. The first kappa shape index (κ1) is 9.31. The van der Waals surface area contributed by atoms with E-state index in [-0.39, 0.29) is 12.4 Å². The molecular weight excluding hydrogens is 200 g/mol. The fourth-order valence-corrected chi connectivity index (χ4v) is 1.72. The fraction of sp³-hybridized carbons (Fsp3) is 0.0909. The third kappa shape index (κ3) is 1.54. The third-order valence-electron chi connectivity index (χ3n) is 2.14. The molecule has 2 aromatic rings. The predicted molar refractivity (Wildman–Crippen MR) is 56.5 cm³/mol. The first-order valence-electron chi connectivity index (χ1n) is 4.23. The summed E-state index contributed by atoms with van der Waals surface area (Å²) in [6.07, 6.45) is 0. The van der Waals surface area contributed by atoms with E-state index in [4.69, 9.17) is 16.7 Å². The van der Waals surface area contributed by atoms with Crippen molar-refractivity contribution >= 4 is 22.4 Å².